The normalized spacial score (nSPS) is 21.5. The Balaban J connectivity index is 2.10. The Labute approximate surface area is 135 Å². The third-order valence-electron chi connectivity index (χ3n) is 3.72. The highest BCUT2D eigenvalue weighted by Crippen LogP contribution is 2.28. The van der Waals surface area contributed by atoms with Gasteiger partial charge in [0.2, 0.25) is 11.8 Å². The second-order valence-electron chi connectivity index (χ2n) is 5.87. The minimum absolute atomic E-state index is 0.155. The van der Waals surface area contributed by atoms with E-state index in [1.54, 1.807) is 18.2 Å². The summed E-state index contributed by atoms with van der Waals surface area (Å²) < 4.78 is 5.09. The average molecular weight is 325 g/mol. The van der Waals surface area contributed by atoms with Gasteiger partial charge in [0.05, 0.1) is 12.1 Å². The summed E-state index contributed by atoms with van der Waals surface area (Å²) in [6.07, 6.45) is 1.53. The predicted octanol–water partition coefficient (Wildman–Crippen LogP) is 2.44. The van der Waals surface area contributed by atoms with E-state index in [-0.39, 0.29) is 11.8 Å². The third-order valence-corrected chi connectivity index (χ3v) is 4.02. The van der Waals surface area contributed by atoms with E-state index < -0.39 is 12.1 Å². The van der Waals surface area contributed by atoms with Gasteiger partial charge in [-0.05, 0) is 36.5 Å². The van der Waals surface area contributed by atoms with E-state index in [1.165, 1.54) is 7.11 Å². The Morgan fingerprint density at radius 2 is 1.95 bits per heavy atom. The highest BCUT2D eigenvalue weighted by molar-refractivity contribution is 6.32. The van der Waals surface area contributed by atoms with Crippen LogP contribution in [0.15, 0.2) is 18.2 Å². The minimum Gasteiger partial charge on any atom is -0.495 e. The van der Waals surface area contributed by atoms with Gasteiger partial charge in [-0.15, -0.1) is 0 Å². The van der Waals surface area contributed by atoms with Crippen molar-refractivity contribution in [3.8, 4) is 5.75 Å². The lowest BCUT2D eigenvalue weighted by Gasteiger charge is -2.30. The molecule has 1 saturated heterocycles. The Kier molecular flexibility index (Phi) is 5.29. The molecule has 0 aliphatic carbocycles. The van der Waals surface area contributed by atoms with Gasteiger partial charge in [0.25, 0.3) is 0 Å². The molecule has 2 rings (SSSR count). The first kappa shape index (κ1) is 16.6. The topological polar surface area (TPSA) is 67.4 Å². The first-order valence-electron chi connectivity index (χ1n) is 7.36. The van der Waals surface area contributed by atoms with Gasteiger partial charge in [0.15, 0.2) is 0 Å². The Hall–Kier alpha value is -1.75. The van der Waals surface area contributed by atoms with E-state index in [4.69, 9.17) is 16.3 Å². The summed E-state index contributed by atoms with van der Waals surface area (Å²) in [6, 6.07) is 3.87. The van der Waals surface area contributed by atoms with E-state index in [1.807, 2.05) is 0 Å². The van der Waals surface area contributed by atoms with Crippen molar-refractivity contribution in [1.82, 2.24) is 10.6 Å². The fourth-order valence-corrected chi connectivity index (χ4v) is 2.70. The highest BCUT2D eigenvalue weighted by Gasteiger charge is 2.34. The quantitative estimate of drug-likeness (QED) is 0.874. The van der Waals surface area contributed by atoms with Crippen LogP contribution < -0.4 is 15.4 Å². The number of hydrogen-bond donors (Lipinski definition) is 2. The first-order chi connectivity index (χ1) is 10.4. The van der Waals surface area contributed by atoms with Gasteiger partial charge in [0, 0.05) is 0 Å². The Bertz CT molecular complexity index is 575. The number of ether oxygens (including phenoxy) is 1. The number of hydrogen-bond acceptors (Lipinski definition) is 3. The molecule has 6 heteroatoms. The lowest BCUT2D eigenvalue weighted by atomic mass is 9.97. The third kappa shape index (κ3) is 3.71. The molecule has 2 atom stereocenters. The van der Waals surface area contributed by atoms with Crippen LogP contribution in [0, 0.1) is 5.92 Å². The van der Waals surface area contributed by atoms with Crippen LogP contribution in [-0.4, -0.2) is 25.0 Å². The zero-order chi connectivity index (χ0) is 16.3. The van der Waals surface area contributed by atoms with E-state index in [0.717, 1.165) is 6.42 Å². The Morgan fingerprint density at radius 3 is 2.55 bits per heavy atom. The fraction of sp³-hybridized carbons (Fsp3) is 0.500. The Morgan fingerprint density at radius 1 is 1.23 bits per heavy atom. The molecule has 120 valence electrons. The summed E-state index contributed by atoms with van der Waals surface area (Å²) in [4.78, 5) is 24.4. The molecule has 0 radical (unpaired) electrons. The number of nitrogens with one attached hydrogen (secondary N) is 2. The first-order valence-corrected chi connectivity index (χ1v) is 7.74. The number of amides is 2. The van der Waals surface area contributed by atoms with E-state index >= 15 is 0 Å². The zero-order valence-corrected chi connectivity index (χ0v) is 13.7. The molecule has 1 heterocycles. The van der Waals surface area contributed by atoms with Crippen molar-refractivity contribution < 1.29 is 14.3 Å². The molecule has 1 aliphatic heterocycles. The lowest BCUT2D eigenvalue weighted by molar-refractivity contribution is -0.137. The molecule has 1 aliphatic rings. The van der Waals surface area contributed by atoms with E-state index in [0.29, 0.717) is 28.7 Å². The van der Waals surface area contributed by atoms with Crippen LogP contribution in [-0.2, 0) is 9.59 Å². The predicted molar refractivity (Wildman–Crippen MR) is 84.9 cm³/mol. The van der Waals surface area contributed by atoms with Gasteiger partial charge in [-0.3, -0.25) is 9.59 Å². The van der Waals surface area contributed by atoms with Gasteiger partial charge in [-0.2, -0.15) is 0 Å². The van der Waals surface area contributed by atoms with Gasteiger partial charge >= 0.3 is 0 Å². The maximum atomic E-state index is 12.3. The molecule has 0 bridgehead atoms. The fourth-order valence-electron chi connectivity index (χ4n) is 2.43. The molecule has 0 spiro atoms. The second-order valence-corrected chi connectivity index (χ2v) is 6.28. The largest absolute Gasteiger partial charge is 0.495 e. The number of carbonyl (C=O) groups excluding carboxylic acids is 2. The molecule has 1 aromatic rings. The van der Waals surface area contributed by atoms with Gasteiger partial charge in [-0.25, -0.2) is 0 Å². The molecule has 2 amide bonds. The summed E-state index contributed by atoms with van der Waals surface area (Å²) in [7, 11) is 1.52. The van der Waals surface area contributed by atoms with Gasteiger partial charge in [0.1, 0.15) is 17.8 Å². The van der Waals surface area contributed by atoms with Crippen LogP contribution in [0.5, 0.6) is 5.75 Å². The molecule has 1 aromatic carbocycles. The lowest BCUT2D eigenvalue weighted by Crippen LogP contribution is -2.57. The van der Waals surface area contributed by atoms with Crippen LogP contribution in [0.25, 0.3) is 0 Å². The summed E-state index contributed by atoms with van der Waals surface area (Å²) >= 11 is 6.08. The molecule has 0 aromatic heterocycles. The van der Waals surface area contributed by atoms with E-state index in [2.05, 4.69) is 24.5 Å². The summed E-state index contributed by atoms with van der Waals surface area (Å²) in [6.45, 7) is 4.18. The van der Waals surface area contributed by atoms with Crippen molar-refractivity contribution in [1.29, 1.82) is 0 Å². The average Bonchev–Trinajstić information content (AvgIpc) is 2.47. The minimum atomic E-state index is -0.716. The number of rotatable bonds is 5. The number of halogens is 1. The van der Waals surface area contributed by atoms with Crippen LogP contribution in [0.4, 0.5) is 0 Å². The molecule has 2 unspecified atom stereocenters. The number of benzene rings is 1. The van der Waals surface area contributed by atoms with Crippen LogP contribution in [0.3, 0.4) is 0 Å². The number of piperazine rings is 1. The molecular weight excluding hydrogens is 304 g/mol. The maximum absolute atomic E-state index is 12.3. The molecule has 22 heavy (non-hydrogen) atoms. The zero-order valence-electron chi connectivity index (χ0n) is 13.0. The van der Waals surface area contributed by atoms with Crippen molar-refractivity contribution in [2.45, 2.75) is 38.8 Å². The van der Waals surface area contributed by atoms with Crippen LogP contribution in [0.2, 0.25) is 5.02 Å². The second kappa shape index (κ2) is 7.01. The van der Waals surface area contributed by atoms with Gasteiger partial charge in [-0.1, -0.05) is 31.5 Å². The van der Waals surface area contributed by atoms with Crippen LogP contribution in [0.1, 0.15) is 38.3 Å². The highest BCUT2D eigenvalue weighted by atomic mass is 35.5. The summed E-state index contributed by atoms with van der Waals surface area (Å²) in [5, 5.41) is 5.97. The summed E-state index contributed by atoms with van der Waals surface area (Å²) in [5.41, 5.74) is 0.638. The van der Waals surface area contributed by atoms with Gasteiger partial charge < -0.3 is 15.4 Å². The molecule has 0 saturated carbocycles. The van der Waals surface area contributed by atoms with Crippen molar-refractivity contribution in [3.63, 3.8) is 0 Å². The molecule has 5 nitrogen and oxygen atoms in total. The monoisotopic (exact) mass is 324 g/mol. The van der Waals surface area contributed by atoms with Crippen molar-refractivity contribution in [2.24, 2.45) is 5.92 Å². The molecule has 1 fully saturated rings. The van der Waals surface area contributed by atoms with Crippen molar-refractivity contribution >= 4 is 23.4 Å². The maximum Gasteiger partial charge on any atom is 0.247 e. The summed E-state index contributed by atoms with van der Waals surface area (Å²) in [5.74, 6) is 0.650. The molecular formula is C16H21ClN2O3. The van der Waals surface area contributed by atoms with Crippen molar-refractivity contribution in [3.05, 3.63) is 28.8 Å². The van der Waals surface area contributed by atoms with E-state index in [9.17, 15) is 9.59 Å². The number of methoxy groups -OCH3 is 1. The van der Waals surface area contributed by atoms with Crippen LogP contribution >= 0.6 is 11.6 Å². The SMILES string of the molecule is COc1ccc(C2NC(=O)C(CCC(C)C)NC2=O)cc1Cl. The number of carbonyl (C=O) groups is 2. The van der Waals surface area contributed by atoms with Crippen molar-refractivity contribution in [2.75, 3.05) is 7.11 Å². The molecule has 2 N–H and O–H groups in total. The standard InChI is InChI=1S/C16H21ClN2O3/c1-9(2)4-6-12-15(20)19-14(16(21)18-12)10-5-7-13(22-3)11(17)8-10/h5,7-9,12,14H,4,6H2,1-3H3,(H,18,21)(H,19,20). The smallest absolute Gasteiger partial charge is 0.247 e.